The first kappa shape index (κ1) is 78.7. The third-order valence-electron chi connectivity index (χ3n) is 18.6. The minimum atomic E-state index is -0.769. The van der Waals surface area contributed by atoms with Gasteiger partial charge in [-0.1, -0.05) is 116 Å². The molecule has 3 N–H and O–H groups in total. The SMILES string of the molecule is C.C.COC(=O)C1CCN(c2nn(C(=O)c3c(Cl)cccc3C3CC3)c3cccc(F)c23)CC1.COC(=O)C1CCNCC1.O=C(O)C1CCN(c2nn(C(=O)c3c(Cl)cccc3C3CC3)c3cccc(Cl)c23)CC1.O=C(c1c(Cl)cccc1C1CC1)n1nc(I)c2c(F)cccc21.[Li+].[OH-]. The summed E-state index contributed by atoms with van der Waals surface area (Å²) in [6.07, 6.45) is 10.3. The van der Waals surface area contributed by atoms with E-state index in [0.29, 0.717) is 154 Å². The minimum Gasteiger partial charge on any atom is -0.870 e. The smallest absolute Gasteiger partial charge is 0.870 e. The van der Waals surface area contributed by atoms with Gasteiger partial charge in [-0.05, 0) is 202 Å². The molecule has 3 saturated carbocycles. The van der Waals surface area contributed by atoms with Crippen molar-refractivity contribution in [3.63, 3.8) is 0 Å². The monoisotopic (exact) mass is 1550 g/mol. The number of fused-ring (bicyclic) bond motifs is 3. The molecule has 0 spiro atoms. The van der Waals surface area contributed by atoms with Crippen molar-refractivity contribution in [2.45, 2.75) is 110 Å². The number of halogens is 7. The molecule has 3 aliphatic carbocycles. The van der Waals surface area contributed by atoms with Crippen LogP contribution in [0.5, 0.6) is 0 Å². The molecule has 524 valence electrons. The Morgan fingerprint density at radius 1 is 0.470 bits per heavy atom. The van der Waals surface area contributed by atoms with Gasteiger partial charge in [0.1, 0.15) is 15.3 Å². The molecule has 27 heteroatoms. The fourth-order valence-electron chi connectivity index (χ4n) is 13.1. The van der Waals surface area contributed by atoms with Gasteiger partial charge in [-0.15, -0.1) is 10.2 Å². The Morgan fingerprint density at radius 2 is 0.800 bits per heavy atom. The molecule has 3 saturated heterocycles. The summed E-state index contributed by atoms with van der Waals surface area (Å²) in [5, 5.41) is 29.1. The summed E-state index contributed by atoms with van der Waals surface area (Å²) in [6.45, 7) is 4.02. The number of benzene rings is 6. The molecular formula is C73H77Cl4F2ILiN9O10. The summed E-state index contributed by atoms with van der Waals surface area (Å²) in [7, 11) is 2.83. The topological polar surface area (TPSA) is 243 Å². The van der Waals surface area contributed by atoms with E-state index in [9.17, 15) is 42.7 Å². The third kappa shape index (κ3) is 16.7. The van der Waals surface area contributed by atoms with Crippen LogP contribution in [-0.2, 0) is 23.9 Å². The molecule has 3 aromatic heterocycles. The molecule has 6 heterocycles. The van der Waals surface area contributed by atoms with Crippen LogP contribution in [-0.4, -0.2) is 129 Å². The number of aromatic nitrogens is 6. The number of carboxylic acid groups (broad SMARTS) is 1. The van der Waals surface area contributed by atoms with E-state index in [1.54, 1.807) is 54.6 Å². The quantitative estimate of drug-likeness (QED) is 0.0694. The van der Waals surface area contributed by atoms with E-state index in [1.807, 2.05) is 74.9 Å². The standard InChI is InChI=1S/C24H23ClFN3O3.C23H21Cl2N3O3.C17H11ClFIN2O.C7H13NO2.2CH4.Li.H2O/c1-32-24(31)15-10-12-28(13-11-15)22-21-18(26)6-3-7-19(21)29(27-22)23(30)20-16(14-8-9-14)4-2-5-17(20)25;24-16-4-1-3-15(13-7-8-13)19(16)22(29)28-18-6-2-5-17(25)20(18)21(26-28)27-11-9-14(10-12-27)23(30)31;18-11-4-1-3-10(9-7-8-9)14(11)17(23)22-13-6-2-5-12(19)15(13)16(20)21-22;1-10-7(9)6-2-4-8-5-3-6;;;;/h2-7,14-15H,8-13H2,1H3;1-6,13-14H,7-12H2,(H,30,31);1-6,9H,7-8H2;6,8H,2-5H2,1H3;2*1H4;;1H2/q;;;;;;+1;/p-1. The van der Waals surface area contributed by atoms with Gasteiger partial charge in [0, 0.05) is 26.2 Å². The van der Waals surface area contributed by atoms with Crippen LogP contribution in [0.1, 0.15) is 157 Å². The summed E-state index contributed by atoms with van der Waals surface area (Å²) in [4.78, 5) is 78.4. The summed E-state index contributed by atoms with van der Waals surface area (Å²) in [5.41, 5.74) is 5.72. The number of carbonyl (C=O) groups is 6. The van der Waals surface area contributed by atoms with Crippen LogP contribution < -0.4 is 34.0 Å². The zero-order valence-corrected chi connectivity index (χ0v) is 59.1. The van der Waals surface area contributed by atoms with Crippen molar-refractivity contribution >= 4 is 149 Å². The third-order valence-corrected chi connectivity index (χ3v) is 20.7. The largest absolute Gasteiger partial charge is 1.00 e. The molecule has 0 atom stereocenters. The molecule has 0 unspecified atom stereocenters. The average Bonchev–Trinajstić information content (AvgIpc) is 1.61. The van der Waals surface area contributed by atoms with Gasteiger partial charge in [-0.2, -0.15) is 19.1 Å². The van der Waals surface area contributed by atoms with E-state index in [-0.39, 0.29) is 92.4 Å². The number of rotatable bonds is 11. The number of nitrogens with one attached hydrogen (secondary N) is 1. The predicted octanol–water partition coefficient (Wildman–Crippen LogP) is 13.3. The van der Waals surface area contributed by atoms with Gasteiger partial charge in [-0.3, -0.25) is 28.8 Å². The van der Waals surface area contributed by atoms with Gasteiger partial charge in [-0.25, -0.2) is 8.78 Å². The molecule has 6 fully saturated rings. The van der Waals surface area contributed by atoms with Crippen LogP contribution in [0.4, 0.5) is 20.4 Å². The molecule has 0 bridgehead atoms. The van der Waals surface area contributed by atoms with Gasteiger partial charge in [0.05, 0.1) is 101 Å². The van der Waals surface area contributed by atoms with Gasteiger partial charge in [0.15, 0.2) is 11.6 Å². The number of hydrogen-bond acceptors (Lipinski definition) is 15. The number of carboxylic acids is 1. The number of ether oxygens (including phenoxy) is 2. The fourth-order valence-corrected chi connectivity index (χ4v) is 14.9. The molecule has 6 aliphatic rings. The van der Waals surface area contributed by atoms with Crippen LogP contribution in [0.2, 0.25) is 20.1 Å². The summed E-state index contributed by atoms with van der Waals surface area (Å²) >= 11 is 27.7. The Labute approximate surface area is 624 Å². The molecular weight excluding hydrogens is 1480 g/mol. The van der Waals surface area contributed by atoms with Gasteiger partial charge in [0.25, 0.3) is 17.7 Å². The number of anilines is 2. The summed E-state index contributed by atoms with van der Waals surface area (Å²) < 4.78 is 42.8. The summed E-state index contributed by atoms with van der Waals surface area (Å²) in [6, 6.07) is 31.2. The molecule has 100 heavy (non-hydrogen) atoms. The van der Waals surface area contributed by atoms with Crippen molar-refractivity contribution in [2.24, 2.45) is 17.8 Å². The van der Waals surface area contributed by atoms with Gasteiger partial charge < -0.3 is 35.2 Å². The van der Waals surface area contributed by atoms with Crippen LogP contribution >= 0.6 is 69.0 Å². The van der Waals surface area contributed by atoms with Crippen molar-refractivity contribution in [2.75, 3.05) is 63.3 Å². The number of piperidine rings is 3. The van der Waals surface area contributed by atoms with Crippen molar-refractivity contribution in [3.05, 3.63) is 178 Å². The maximum Gasteiger partial charge on any atom is 1.00 e. The Bertz CT molecular complexity index is 4500. The molecule has 6 aromatic carbocycles. The normalized spacial score (nSPS) is 16.2. The van der Waals surface area contributed by atoms with E-state index in [2.05, 4.69) is 25.3 Å². The van der Waals surface area contributed by atoms with E-state index >= 15 is 0 Å². The Hall–Kier alpha value is -6.98. The number of nitrogens with zero attached hydrogens (tertiary/aromatic N) is 8. The predicted molar refractivity (Wildman–Crippen MR) is 389 cm³/mol. The van der Waals surface area contributed by atoms with E-state index < -0.39 is 11.8 Å². The van der Waals surface area contributed by atoms with Crippen molar-refractivity contribution in [1.82, 2.24) is 34.7 Å². The second kappa shape index (κ2) is 34.3. The zero-order valence-electron chi connectivity index (χ0n) is 54.0. The second-order valence-electron chi connectivity index (χ2n) is 24.9. The van der Waals surface area contributed by atoms with E-state index in [0.717, 1.165) is 81.1 Å². The number of aliphatic carboxylic acids is 1. The number of carbonyl (C=O) groups excluding carboxylic acids is 5. The number of hydrogen-bond donors (Lipinski definition) is 2. The molecule has 19 nitrogen and oxygen atoms in total. The first-order valence-corrected chi connectivity index (χ1v) is 34.7. The van der Waals surface area contributed by atoms with Crippen molar-refractivity contribution in [1.29, 1.82) is 0 Å². The Balaban J connectivity index is 0.000000177. The first-order chi connectivity index (χ1) is 46.4. The molecule has 0 radical (unpaired) electrons. The van der Waals surface area contributed by atoms with E-state index in [1.165, 1.54) is 40.4 Å². The Morgan fingerprint density at radius 3 is 1.20 bits per heavy atom. The maximum atomic E-state index is 14.9. The molecule has 3 aliphatic heterocycles. The number of methoxy groups -OCH3 is 2. The molecule has 0 amide bonds. The van der Waals surface area contributed by atoms with Crippen LogP contribution in [0.15, 0.2) is 109 Å². The van der Waals surface area contributed by atoms with Crippen LogP contribution in [0, 0.1) is 33.1 Å². The zero-order chi connectivity index (χ0) is 67.6. The van der Waals surface area contributed by atoms with Gasteiger partial charge in [0.2, 0.25) is 0 Å². The summed E-state index contributed by atoms with van der Waals surface area (Å²) in [5.74, 6) is -1.12. The average molecular weight is 1550 g/mol. The fraction of sp³-hybridized carbons (Fsp3) is 0.384. The van der Waals surface area contributed by atoms with Crippen molar-refractivity contribution in [3.8, 4) is 0 Å². The van der Waals surface area contributed by atoms with Gasteiger partial charge >= 0.3 is 36.8 Å². The molecule has 15 rings (SSSR count). The Kier molecular flexibility index (Phi) is 27.0. The first-order valence-electron chi connectivity index (χ1n) is 32.1. The minimum absolute atomic E-state index is 0. The maximum absolute atomic E-state index is 14.9. The van der Waals surface area contributed by atoms with Crippen molar-refractivity contribution < 1.29 is 76.5 Å². The molecule has 9 aromatic rings. The number of esters is 2. The van der Waals surface area contributed by atoms with E-state index in [4.69, 9.17) is 51.1 Å². The van der Waals surface area contributed by atoms with Crippen LogP contribution in [0.3, 0.4) is 0 Å². The second-order valence-corrected chi connectivity index (χ2v) is 27.5. The van der Waals surface area contributed by atoms with Crippen LogP contribution in [0.25, 0.3) is 32.7 Å².